The van der Waals surface area contributed by atoms with Crippen LogP contribution in [0.1, 0.15) is 25.3 Å². The molecule has 94 valence electrons. The van der Waals surface area contributed by atoms with Crippen LogP contribution in [0.5, 0.6) is 0 Å². The van der Waals surface area contributed by atoms with Crippen LogP contribution in [0.4, 0.5) is 5.69 Å². The molecule has 4 nitrogen and oxygen atoms in total. The van der Waals surface area contributed by atoms with Crippen LogP contribution in [-0.4, -0.2) is 23.7 Å². The van der Waals surface area contributed by atoms with Crippen molar-refractivity contribution in [2.45, 2.75) is 32.2 Å². The van der Waals surface area contributed by atoms with Crippen molar-refractivity contribution >= 4 is 11.6 Å². The van der Waals surface area contributed by atoms with E-state index in [1.54, 1.807) is 0 Å². The Morgan fingerprint density at radius 3 is 2.59 bits per heavy atom. The van der Waals surface area contributed by atoms with Crippen molar-refractivity contribution in [1.82, 2.24) is 5.32 Å². The van der Waals surface area contributed by atoms with Crippen LogP contribution in [0.3, 0.4) is 0 Å². The summed E-state index contributed by atoms with van der Waals surface area (Å²) in [5.41, 5.74) is 7.39. The molecule has 1 aromatic rings. The second-order valence-corrected chi connectivity index (χ2v) is 4.10. The van der Waals surface area contributed by atoms with Crippen LogP contribution in [0, 0.1) is 0 Å². The van der Waals surface area contributed by atoms with Crippen LogP contribution in [0.25, 0.3) is 0 Å². The number of nitrogen functional groups attached to an aromatic ring is 1. The van der Waals surface area contributed by atoms with E-state index in [2.05, 4.69) is 5.32 Å². The molecular weight excluding hydrogens is 216 g/mol. The highest BCUT2D eigenvalue weighted by Gasteiger charge is 2.08. The maximum Gasteiger partial charge on any atom is 0.220 e. The minimum Gasteiger partial charge on any atom is -0.399 e. The molecule has 0 aliphatic rings. The van der Waals surface area contributed by atoms with Gasteiger partial charge in [-0.25, -0.2) is 0 Å². The maximum atomic E-state index is 11.6. The number of carbonyl (C=O) groups excluding carboxylic acids is 1. The Kier molecular flexibility index (Phi) is 5.49. The van der Waals surface area contributed by atoms with Crippen molar-refractivity contribution in [3.63, 3.8) is 0 Å². The summed E-state index contributed by atoms with van der Waals surface area (Å²) in [6.07, 6.45) is 1.86. The smallest absolute Gasteiger partial charge is 0.220 e. The number of benzene rings is 1. The Morgan fingerprint density at radius 1 is 1.41 bits per heavy atom. The first-order valence-electron chi connectivity index (χ1n) is 5.90. The van der Waals surface area contributed by atoms with Gasteiger partial charge in [-0.15, -0.1) is 0 Å². The number of carbonyl (C=O) groups is 1. The molecule has 1 rings (SSSR count). The SMILES string of the molecule is CCC(CO)NC(=O)CCc1ccc(N)cc1. The molecule has 0 spiro atoms. The van der Waals surface area contributed by atoms with E-state index in [0.717, 1.165) is 17.7 Å². The molecule has 1 atom stereocenters. The highest BCUT2D eigenvalue weighted by Crippen LogP contribution is 2.07. The van der Waals surface area contributed by atoms with Crippen molar-refractivity contribution in [3.8, 4) is 0 Å². The summed E-state index contributed by atoms with van der Waals surface area (Å²) in [5.74, 6) is -0.0253. The molecule has 17 heavy (non-hydrogen) atoms. The standard InChI is InChI=1S/C13H20N2O2/c1-2-12(9-16)15-13(17)8-5-10-3-6-11(14)7-4-10/h3-4,6-7,12,16H,2,5,8-9,14H2,1H3,(H,15,17). The van der Waals surface area contributed by atoms with Gasteiger partial charge in [0.05, 0.1) is 12.6 Å². The lowest BCUT2D eigenvalue weighted by Crippen LogP contribution is -2.36. The first-order valence-corrected chi connectivity index (χ1v) is 5.90. The number of aryl methyl sites for hydroxylation is 1. The molecule has 0 bridgehead atoms. The van der Waals surface area contributed by atoms with Crippen LogP contribution < -0.4 is 11.1 Å². The fourth-order valence-electron chi connectivity index (χ4n) is 1.52. The highest BCUT2D eigenvalue weighted by atomic mass is 16.3. The zero-order valence-electron chi connectivity index (χ0n) is 10.1. The molecule has 0 saturated heterocycles. The molecule has 1 aromatic carbocycles. The summed E-state index contributed by atoms with van der Waals surface area (Å²) >= 11 is 0. The largest absolute Gasteiger partial charge is 0.399 e. The Labute approximate surface area is 102 Å². The minimum atomic E-state index is -0.131. The number of anilines is 1. The number of amides is 1. The highest BCUT2D eigenvalue weighted by molar-refractivity contribution is 5.76. The van der Waals surface area contributed by atoms with Gasteiger partial charge in [-0.3, -0.25) is 4.79 Å². The third kappa shape index (κ3) is 4.87. The van der Waals surface area contributed by atoms with E-state index in [4.69, 9.17) is 10.8 Å². The third-order valence-corrected chi connectivity index (χ3v) is 2.70. The lowest BCUT2D eigenvalue weighted by molar-refractivity contribution is -0.122. The van der Waals surface area contributed by atoms with E-state index < -0.39 is 0 Å². The molecule has 4 N–H and O–H groups in total. The van der Waals surface area contributed by atoms with Gasteiger partial charge in [-0.05, 0) is 30.5 Å². The summed E-state index contributed by atoms with van der Waals surface area (Å²) < 4.78 is 0. The maximum absolute atomic E-state index is 11.6. The summed E-state index contributed by atoms with van der Waals surface area (Å²) in [7, 11) is 0. The predicted molar refractivity (Wildman–Crippen MR) is 68.5 cm³/mol. The fraction of sp³-hybridized carbons (Fsp3) is 0.462. The Morgan fingerprint density at radius 2 is 2.06 bits per heavy atom. The van der Waals surface area contributed by atoms with Crippen molar-refractivity contribution in [2.24, 2.45) is 0 Å². The van der Waals surface area contributed by atoms with E-state index in [1.807, 2.05) is 31.2 Å². The molecule has 0 aliphatic carbocycles. The monoisotopic (exact) mass is 236 g/mol. The Hall–Kier alpha value is -1.55. The predicted octanol–water partition coefficient (Wildman–Crippen LogP) is 1.09. The van der Waals surface area contributed by atoms with Crippen LogP contribution >= 0.6 is 0 Å². The number of aliphatic hydroxyl groups is 1. The average Bonchev–Trinajstić information content (AvgIpc) is 2.35. The zero-order chi connectivity index (χ0) is 12.7. The fourth-order valence-corrected chi connectivity index (χ4v) is 1.52. The first kappa shape index (κ1) is 13.5. The number of hydrogen-bond donors (Lipinski definition) is 3. The topological polar surface area (TPSA) is 75.3 Å². The molecular formula is C13H20N2O2. The molecule has 0 radical (unpaired) electrons. The van der Waals surface area contributed by atoms with Gasteiger partial charge in [0.2, 0.25) is 5.91 Å². The summed E-state index contributed by atoms with van der Waals surface area (Å²) in [5, 5.41) is 11.7. The second-order valence-electron chi connectivity index (χ2n) is 4.10. The molecule has 4 heteroatoms. The van der Waals surface area contributed by atoms with Crippen LogP contribution in [0.2, 0.25) is 0 Å². The van der Waals surface area contributed by atoms with Gasteiger partial charge in [0, 0.05) is 12.1 Å². The molecule has 0 saturated carbocycles. The van der Waals surface area contributed by atoms with E-state index in [0.29, 0.717) is 12.8 Å². The van der Waals surface area contributed by atoms with Gasteiger partial charge in [-0.1, -0.05) is 19.1 Å². The van der Waals surface area contributed by atoms with Crippen molar-refractivity contribution in [1.29, 1.82) is 0 Å². The van der Waals surface area contributed by atoms with E-state index >= 15 is 0 Å². The molecule has 0 aliphatic heterocycles. The van der Waals surface area contributed by atoms with Crippen LogP contribution in [-0.2, 0) is 11.2 Å². The van der Waals surface area contributed by atoms with Gasteiger partial charge in [0.15, 0.2) is 0 Å². The lowest BCUT2D eigenvalue weighted by Gasteiger charge is -2.13. The Balaban J connectivity index is 2.35. The average molecular weight is 236 g/mol. The Bertz CT molecular complexity index is 345. The molecule has 1 unspecified atom stereocenters. The van der Waals surface area contributed by atoms with E-state index in [-0.39, 0.29) is 18.6 Å². The molecule has 0 heterocycles. The first-order chi connectivity index (χ1) is 8.15. The van der Waals surface area contributed by atoms with Crippen molar-refractivity contribution < 1.29 is 9.90 Å². The third-order valence-electron chi connectivity index (χ3n) is 2.70. The normalized spacial score (nSPS) is 12.1. The molecule has 1 amide bonds. The van der Waals surface area contributed by atoms with Gasteiger partial charge < -0.3 is 16.2 Å². The van der Waals surface area contributed by atoms with Crippen LogP contribution in [0.15, 0.2) is 24.3 Å². The number of aliphatic hydroxyl groups excluding tert-OH is 1. The van der Waals surface area contributed by atoms with Gasteiger partial charge in [0.25, 0.3) is 0 Å². The molecule has 0 aromatic heterocycles. The van der Waals surface area contributed by atoms with Crippen molar-refractivity contribution in [3.05, 3.63) is 29.8 Å². The van der Waals surface area contributed by atoms with Crippen molar-refractivity contribution in [2.75, 3.05) is 12.3 Å². The summed E-state index contributed by atoms with van der Waals surface area (Å²) in [6.45, 7) is 1.92. The summed E-state index contributed by atoms with van der Waals surface area (Å²) in [4.78, 5) is 11.6. The second kappa shape index (κ2) is 6.91. The van der Waals surface area contributed by atoms with E-state index in [1.165, 1.54) is 0 Å². The molecule has 0 fully saturated rings. The summed E-state index contributed by atoms with van der Waals surface area (Å²) in [6, 6.07) is 7.37. The number of nitrogens with one attached hydrogen (secondary N) is 1. The van der Waals surface area contributed by atoms with Gasteiger partial charge in [-0.2, -0.15) is 0 Å². The lowest BCUT2D eigenvalue weighted by atomic mass is 10.1. The van der Waals surface area contributed by atoms with Gasteiger partial charge >= 0.3 is 0 Å². The minimum absolute atomic E-state index is 0.00981. The van der Waals surface area contributed by atoms with Gasteiger partial charge in [0.1, 0.15) is 0 Å². The number of nitrogens with two attached hydrogens (primary N) is 1. The quantitative estimate of drug-likeness (QED) is 0.647. The zero-order valence-corrected chi connectivity index (χ0v) is 10.1. The number of rotatable bonds is 6. The van der Waals surface area contributed by atoms with E-state index in [9.17, 15) is 4.79 Å². The number of hydrogen-bond acceptors (Lipinski definition) is 3.